The van der Waals surface area contributed by atoms with Crippen molar-refractivity contribution >= 4 is 23.7 Å². The number of carbonyl (C=O) groups excluding carboxylic acids is 3. The number of amides is 3. The van der Waals surface area contributed by atoms with Crippen LogP contribution < -0.4 is 16.0 Å². The summed E-state index contributed by atoms with van der Waals surface area (Å²) in [5, 5.41) is 27.9. The fraction of sp³-hybridized carbons (Fsp3) is 0.630. The van der Waals surface area contributed by atoms with Gasteiger partial charge in [0.25, 0.3) is 0 Å². The summed E-state index contributed by atoms with van der Waals surface area (Å²) in [6, 6.07) is 8.27. The van der Waals surface area contributed by atoms with Crippen molar-refractivity contribution in [2.24, 2.45) is 5.92 Å². The van der Waals surface area contributed by atoms with Crippen molar-refractivity contribution in [3.05, 3.63) is 35.9 Å². The van der Waals surface area contributed by atoms with E-state index in [0.717, 1.165) is 37.7 Å². The van der Waals surface area contributed by atoms with Gasteiger partial charge in [0.15, 0.2) is 0 Å². The highest BCUT2D eigenvalue weighted by atomic mass is 16.4. The monoisotopic (exact) mass is 503 g/mol. The molecule has 5 N–H and O–H groups in total. The van der Waals surface area contributed by atoms with Gasteiger partial charge in [-0.3, -0.25) is 19.2 Å². The van der Waals surface area contributed by atoms with Crippen molar-refractivity contribution in [2.45, 2.75) is 95.7 Å². The van der Waals surface area contributed by atoms with E-state index in [1.165, 1.54) is 13.3 Å². The van der Waals surface area contributed by atoms with Crippen molar-refractivity contribution in [1.29, 1.82) is 0 Å². The zero-order chi connectivity index (χ0) is 26.3. The van der Waals surface area contributed by atoms with Crippen LogP contribution in [0.4, 0.5) is 0 Å². The number of hydrogen-bond donors (Lipinski definition) is 5. The zero-order valence-electron chi connectivity index (χ0n) is 21.2. The van der Waals surface area contributed by atoms with Gasteiger partial charge in [0.05, 0.1) is 18.6 Å². The number of benzene rings is 1. The van der Waals surface area contributed by atoms with Crippen LogP contribution in [0.2, 0.25) is 0 Å². The molecule has 1 fully saturated rings. The average Bonchev–Trinajstić information content (AvgIpc) is 2.84. The maximum absolute atomic E-state index is 12.7. The highest BCUT2D eigenvalue weighted by molar-refractivity contribution is 5.88. The van der Waals surface area contributed by atoms with Gasteiger partial charge in [0, 0.05) is 19.9 Å². The van der Waals surface area contributed by atoms with Crippen LogP contribution in [0.1, 0.15) is 76.7 Å². The van der Waals surface area contributed by atoms with Gasteiger partial charge in [-0.2, -0.15) is 0 Å². The zero-order valence-corrected chi connectivity index (χ0v) is 21.2. The number of aliphatic hydroxyl groups is 1. The topological polar surface area (TPSA) is 145 Å². The Labute approximate surface area is 213 Å². The quantitative estimate of drug-likeness (QED) is 0.232. The molecule has 0 spiro atoms. The fourth-order valence-corrected chi connectivity index (χ4v) is 4.75. The van der Waals surface area contributed by atoms with Gasteiger partial charge in [0.2, 0.25) is 17.7 Å². The van der Waals surface area contributed by atoms with Crippen LogP contribution >= 0.6 is 0 Å². The minimum absolute atomic E-state index is 0.0567. The van der Waals surface area contributed by atoms with Crippen molar-refractivity contribution in [2.75, 3.05) is 6.54 Å². The first kappa shape index (κ1) is 29.3. The second-order valence-electron chi connectivity index (χ2n) is 9.75. The lowest BCUT2D eigenvalue weighted by molar-refractivity contribution is -0.138. The Morgan fingerprint density at radius 3 is 2.36 bits per heavy atom. The van der Waals surface area contributed by atoms with E-state index in [1.807, 2.05) is 30.3 Å². The SMILES string of the molecule is CC(=O)N[C@@H](CC1CCCCC1)[C@@H](O)CC(=O)N[C@@H](CCC(=O)O)C(=O)NCCCc1ccccc1. The first-order valence-corrected chi connectivity index (χ1v) is 13.0. The highest BCUT2D eigenvalue weighted by Gasteiger charge is 2.29. The summed E-state index contributed by atoms with van der Waals surface area (Å²) in [5.41, 5.74) is 1.15. The molecule has 9 heteroatoms. The van der Waals surface area contributed by atoms with Gasteiger partial charge in [-0.05, 0) is 37.2 Å². The highest BCUT2D eigenvalue weighted by Crippen LogP contribution is 2.28. The Kier molecular flexibility index (Phi) is 13.0. The lowest BCUT2D eigenvalue weighted by atomic mass is 9.83. The van der Waals surface area contributed by atoms with E-state index < -0.39 is 36.0 Å². The van der Waals surface area contributed by atoms with Crippen molar-refractivity contribution in [3.8, 4) is 0 Å². The van der Waals surface area contributed by atoms with Gasteiger partial charge < -0.3 is 26.2 Å². The summed E-state index contributed by atoms with van der Waals surface area (Å²) < 4.78 is 0. The van der Waals surface area contributed by atoms with E-state index in [0.29, 0.717) is 25.3 Å². The minimum Gasteiger partial charge on any atom is -0.481 e. The normalized spacial score (nSPS) is 16.4. The molecule has 0 aliphatic heterocycles. The molecule has 3 atom stereocenters. The molecular formula is C27H41N3O6. The Hall–Kier alpha value is -2.94. The van der Waals surface area contributed by atoms with E-state index in [9.17, 15) is 24.3 Å². The third-order valence-electron chi connectivity index (χ3n) is 6.64. The van der Waals surface area contributed by atoms with Crippen molar-refractivity contribution in [3.63, 3.8) is 0 Å². The van der Waals surface area contributed by atoms with Crippen LogP contribution in [0.15, 0.2) is 30.3 Å². The number of aryl methyl sites for hydroxylation is 1. The molecular weight excluding hydrogens is 462 g/mol. The summed E-state index contributed by atoms with van der Waals surface area (Å²) in [5.74, 6) is -1.96. The molecule has 0 aromatic heterocycles. The van der Waals surface area contributed by atoms with E-state index in [2.05, 4.69) is 16.0 Å². The predicted octanol–water partition coefficient (Wildman–Crippen LogP) is 2.31. The standard InChI is InChI=1S/C27H41N3O6/c1-19(31)29-23(17-21-11-6-3-7-12-21)24(32)18-25(33)30-22(14-15-26(34)35)27(36)28-16-8-13-20-9-4-2-5-10-20/h2,4-5,9-10,21-24,32H,3,6-8,11-18H2,1H3,(H,28,36)(H,29,31)(H,30,33)(H,34,35)/t22-,23-,24-/m0/s1. The Morgan fingerprint density at radius 2 is 1.72 bits per heavy atom. The maximum atomic E-state index is 12.7. The number of aliphatic carboxylic acids is 1. The lowest BCUT2D eigenvalue weighted by Crippen LogP contribution is -2.50. The largest absolute Gasteiger partial charge is 0.481 e. The van der Waals surface area contributed by atoms with Crippen LogP contribution in [-0.4, -0.2) is 58.6 Å². The molecule has 1 aliphatic rings. The van der Waals surface area contributed by atoms with E-state index in [-0.39, 0.29) is 25.2 Å². The van der Waals surface area contributed by atoms with Gasteiger partial charge in [0.1, 0.15) is 6.04 Å². The Balaban J connectivity index is 1.88. The summed E-state index contributed by atoms with van der Waals surface area (Å²) in [6.07, 6.45) is 5.87. The van der Waals surface area contributed by atoms with E-state index in [1.54, 1.807) is 0 Å². The number of carbonyl (C=O) groups is 4. The molecule has 0 bridgehead atoms. The van der Waals surface area contributed by atoms with Crippen LogP contribution in [0, 0.1) is 5.92 Å². The molecule has 200 valence electrons. The number of carboxylic acids is 1. The van der Waals surface area contributed by atoms with Gasteiger partial charge in [-0.15, -0.1) is 0 Å². The Bertz CT molecular complexity index is 841. The van der Waals surface area contributed by atoms with Crippen LogP contribution in [0.5, 0.6) is 0 Å². The summed E-state index contributed by atoms with van der Waals surface area (Å²) in [4.78, 5) is 48.1. The molecule has 1 aromatic rings. The number of nitrogens with one attached hydrogen (secondary N) is 3. The van der Waals surface area contributed by atoms with Crippen LogP contribution in [0.3, 0.4) is 0 Å². The Morgan fingerprint density at radius 1 is 1.03 bits per heavy atom. The number of rotatable bonds is 15. The van der Waals surface area contributed by atoms with Crippen molar-refractivity contribution < 1.29 is 29.4 Å². The van der Waals surface area contributed by atoms with E-state index in [4.69, 9.17) is 5.11 Å². The predicted molar refractivity (Wildman–Crippen MR) is 136 cm³/mol. The molecule has 0 heterocycles. The van der Waals surface area contributed by atoms with Gasteiger partial charge in [-0.1, -0.05) is 62.4 Å². The van der Waals surface area contributed by atoms with Gasteiger partial charge in [-0.25, -0.2) is 0 Å². The second kappa shape index (κ2) is 15.9. The first-order chi connectivity index (χ1) is 17.2. The maximum Gasteiger partial charge on any atom is 0.303 e. The van der Waals surface area contributed by atoms with Gasteiger partial charge >= 0.3 is 5.97 Å². The molecule has 0 unspecified atom stereocenters. The molecule has 1 saturated carbocycles. The first-order valence-electron chi connectivity index (χ1n) is 13.0. The smallest absolute Gasteiger partial charge is 0.303 e. The number of carboxylic acid groups (broad SMARTS) is 1. The lowest BCUT2D eigenvalue weighted by Gasteiger charge is -2.30. The van der Waals surface area contributed by atoms with E-state index >= 15 is 0 Å². The molecule has 1 aliphatic carbocycles. The average molecular weight is 504 g/mol. The second-order valence-corrected chi connectivity index (χ2v) is 9.75. The number of hydrogen-bond acceptors (Lipinski definition) is 5. The summed E-state index contributed by atoms with van der Waals surface area (Å²) >= 11 is 0. The minimum atomic E-state index is -1.11. The summed E-state index contributed by atoms with van der Waals surface area (Å²) in [7, 11) is 0. The molecule has 3 amide bonds. The molecule has 36 heavy (non-hydrogen) atoms. The molecule has 9 nitrogen and oxygen atoms in total. The molecule has 0 saturated heterocycles. The third-order valence-corrected chi connectivity index (χ3v) is 6.64. The van der Waals surface area contributed by atoms with Crippen molar-refractivity contribution in [1.82, 2.24) is 16.0 Å². The van der Waals surface area contributed by atoms with Crippen LogP contribution in [0.25, 0.3) is 0 Å². The molecule has 0 radical (unpaired) electrons. The fourth-order valence-electron chi connectivity index (χ4n) is 4.75. The number of aliphatic hydroxyl groups excluding tert-OH is 1. The van der Waals surface area contributed by atoms with Crippen LogP contribution in [-0.2, 0) is 25.6 Å². The molecule has 2 rings (SSSR count). The third kappa shape index (κ3) is 11.7. The summed E-state index contributed by atoms with van der Waals surface area (Å²) in [6.45, 7) is 1.77. The molecule has 1 aromatic carbocycles.